The highest BCUT2D eigenvalue weighted by Crippen LogP contribution is 2.55. The largest absolute Gasteiger partial charge is 0.427 e. The second kappa shape index (κ2) is 11.6. The van der Waals surface area contributed by atoms with E-state index in [2.05, 4.69) is 58.7 Å². The van der Waals surface area contributed by atoms with E-state index >= 15 is 0 Å². The number of halogens is 1. The zero-order valence-electron chi connectivity index (χ0n) is 22.0. The van der Waals surface area contributed by atoms with E-state index in [1.165, 1.54) is 29.2 Å². The minimum absolute atomic E-state index is 0.102. The third-order valence-corrected chi connectivity index (χ3v) is 8.64. The summed E-state index contributed by atoms with van der Waals surface area (Å²) >= 11 is 5.71. The summed E-state index contributed by atoms with van der Waals surface area (Å²) < 4.78 is 10.8. The van der Waals surface area contributed by atoms with Crippen LogP contribution >= 0.6 is 11.6 Å². The van der Waals surface area contributed by atoms with Crippen molar-refractivity contribution in [1.82, 2.24) is 4.90 Å². The lowest BCUT2D eigenvalue weighted by Crippen LogP contribution is -2.49. The van der Waals surface area contributed by atoms with Crippen LogP contribution in [0.1, 0.15) is 61.3 Å². The molecule has 1 saturated heterocycles. The summed E-state index contributed by atoms with van der Waals surface area (Å²) in [6.45, 7) is 5.98. The Balaban J connectivity index is 1.36. The number of carbonyl (C=O) groups is 1. The summed E-state index contributed by atoms with van der Waals surface area (Å²) in [6.07, 6.45) is 9.23. The quantitative estimate of drug-likeness (QED) is 0.303. The van der Waals surface area contributed by atoms with Crippen LogP contribution in [0.3, 0.4) is 0 Å². The molecule has 0 radical (unpaired) electrons. The van der Waals surface area contributed by atoms with Crippen LogP contribution in [0, 0.1) is 17.2 Å². The van der Waals surface area contributed by atoms with Gasteiger partial charge in [0.05, 0.1) is 13.2 Å². The molecule has 5 rings (SSSR count). The molecule has 0 unspecified atom stereocenters. The number of nitrogens with zero attached hydrogens (tertiary/aromatic N) is 1. The molecule has 2 aromatic carbocycles. The third-order valence-electron chi connectivity index (χ3n) is 8.55. The van der Waals surface area contributed by atoms with Crippen LogP contribution in [0.25, 0.3) is 6.08 Å². The van der Waals surface area contributed by atoms with Crippen LogP contribution in [0.5, 0.6) is 5.75 Å². The molecular weight excluding hydrogens is 498 g/mol. The van der Waals surface area contributed by atoms with Crippen molar-refractivity contribution >= 4 is 23.6 Å². The van der Waals surface area contributed by atoms with Crippen molar-refractivity contribution in [3.05, 3.63) is 70.8 Å². The number of ether oxygens (including phenoxy) is 2. The summed E-state index contributed by atoms with van der Waals surface area (Å²) in [6, 6.07) is 14.9. The number of allylic oxidation sites excluding steroid dienone is 1. The number of hydrogen-bond acceptors (Lipinski definition) is 5. The van der Waals surface area contributed by atoms with Gasteiger partial charge in [-0.2, -0.15) is 0 Å². The molecule has 5 nitrogen and oxygen atoms in total. The lowest BCUT2D eigenvalue weighted by atomic mass is 9.53. The normalized spacial score (nSPS) is 27.2. The monoisotopic (exact) mass is 533 g/mol. The van der Waals surface area contributed by atoms with E-state index in [4.69, 9.17) is 21.1 Å². The van der Waals surface area contributed by atoms with Crippen LogP contribution < -0.4 is 4.74 Å². The smallest absolute Gasteiger partial charge is 0.308 e. The van der Waals surface area contributed by atoms with Crippen molar-refractivity contribution in [2.45, 2.75) is 63.0 Å². The van der Waals surface area contributed by atoms with Crippen molar-refractivity contribution in [2.75, 3.05) is 26.3 Å². The first-order valence-corrected chi connectivity index (χ1v) is 14.0. The molecule has 2 aliphatic carbocycles. The summed E-state index contributed by atoms with van der Waals surface area (Å²) in [5, 5.41) is 13.5. The van der Waals surface area contributed by atoms with Gasteiger partial charge >= 0.3 is 5.97 Å². The molecule has 6 heteroatoms. The van der Waals surface area contributed by atoms with Crippen molar-refractivity contribution < 1.29 is 19.4 Å². The molecule has 0 bridgehead atoms. The average Bonchev–Trinajstić information content (AvgIpc) is 2.90. The van der Waals surface area contributed by atoms with Crippen LogP contribution in [0.15, 0.2) is 48.5 Å². The number of aliphatic hydroxyl groups is 1. The average molecular weight is 534 g/mol. The first-order chi connectivity index (χ1) is 18.4. The topological polar surface area (TPSA) is 59.0 Å². The molecule has 0 spiro atoms. The Bertz CT molecular complexity index is 1240. The van der Waals surface area contributed by atoms with Gasteiger partial charge in [-0.3, -0.25) is 9.69 Å². The molecule has 1 N–H and O–H groups in total. The number of hydrogen-bond donors (Lipinski definition) is 1. The zero-order valence-corrected chi connectivity index (χ0v) is 22.8. The minimum atomic E-state index is -1.04. The molecule has 2 fully saturated rings. The Morgan fingerprint density at radius 1 is 1.21 bits per heavy atom. The van der Waals surface area contributed by atoms with Gasteiger partial charge in [0.1, 0.15) is 11.4 Å². The number of fused-ring (bicyclic) bond motifs is 3. The van der Waals surface area contributed by atoms with Gasteiger partial charge < -0.3 is 14.6 Å². The number of rotatable bonds is 6. The van der Waals surface area contributed by atoms with E-state index in [1.807, 2.05) is 12.1 Å². The van der Waals surface area contributed by atoms with Crippen LogP contribution in [0.2, 0.25) is 0 Å². The summed E-state index contributed by atoms with van der Waals surface area (Å²) in [5.41, 5.74) is 3.90. The molecule has 1 saturated carbocycles. The second-order valence-corrected chi connectivity index (χ2v) is 11.2. The lowest BCUT2D eigenvalue weighted by molar-refractivity contribution is -0.131. The Labute approximate surface area is 230 Å². The van der Waals surface area contributed by atoms with E-state index in [0.717, 1.165) is 58.5 Å². The summed E-state index contributed by atoms with van der Waals surface area (Å²) in [7, 11) is 0. The summed E-state index contributed by atoms with van der Waals surface area (Å²) in [5.74, 6) is 3.44. The fraction of sp³-hybridized carbons (Fsp3) is 0.469. The maximum Gasteiger partial charge on any atom is 0.308 e. The van der Waals surface area contributed by atoms with Gasteiger partial charge in [0, 0.05) is 37.4 Å². The van der Waals surface area contributed by atoms with Gasteiger partial charge in [-0.05, 0) is 90.4 Å². The maximum absolute atomic E-state index is 11.5. The molecule has 1 aliphatic heterocycles. The van der Waals surface area contributed by atoms with E-state index in [9.17, 15) is 9.90 Å². The van der Waals surface area contributed by atoms with Crippen LogP contribution in [0.4, 0.5) is 0 Å². The first-order valence-electron chi connectivity index (χ1n) is 13.6. The molecular formula is C32H36ClNO4. The van der Waals surface area contributed by atoms with Gasteiger partial charge in [-0.25, -0.2) is 0 Å². The molecule has 38 heavy (non-hydrogen) atoms. The van der Waals surface area contributed by atoms with Crippen molar-refractivity contribution in [3.63, 3.8) is 0 Å². The van der Waals surface area contributed by atoms with Gasteiger partial charge in [0.25, 0.3) is 0 Å². The molecule has 3 atom stereocenters. The number of esters is 1. The van der Waals surface area contributed by atoms with E-state index < -0.39 is 5.60 Å². The van der Waals surface area contributed by atoms with Gasteiger partial charge in [-0.15, -0.1) is 0 Å². The Morgan fingerprint density at radius 2 is 2.00 bits per heavy atom. The van der Waals surface area contributed by atoms with E-state index in [1.54, 1.807) is 0 Å². The van der Waals surface area contributed by atoms with Crippen LogP contribution in [-0.2, 0) is 27.9 Å². The summed E-state index contributed by atoms with van der Waals surface area (Å²) in [4.78, 5) is 13.9. The maximum atomic E-state index is 11.5. The number of benzene rings is 2. The Kier molecular flexibility index (Phi) is 8.26. The number of morpholine rings is 1. The molecule has 3 aliphatic rings. The fourth-order valence-electron chi connectivity index (χ4n) is 6.63. The third kappa shape index (κ3) is 6.00. The molecule has 200 valence electrons. The predicted molar refractivity (Wildman–Crippen MR) is 150 cm³/mol. The first kappa shape index (κ1) is 27.0. The highest BCUT2D eigenvalue weighted by Gasteiger charge is 2.50. The molecule has 0 amide bonds. The molecule has 2 aromatic rings. The Morgan fingerprint density at radius 3 is 2.74 bits per heavy atom. The fourth-order valence-corrected chi connectivity index (χ4v) is 6.81. The molecule has 1 heterocycles. The molecule has 0 aromatic heterocycles. The minimum Gasteiger partial charge on any atom is -0.427 e. The van der Waals surface area contributed by atoms with E-state index in [-0.39, 0.29) is 17.3 Å². The number of carbonyl (C=O) groups excluding carboxylic acids is 1. The van der Waals surface area contributed by atoms with E-state index in [0.29, 0.717) is 18.6 Å². The standard InChI is InChI=1S/C32H36ClNO4/c1-24(35)38-29-10-11-30-27(21-29)8-9-28-22-31(36,15-16-33)13-14-32(28,30)12-2-3-25-4-6-26(7-5-25)23-34-17-19-37-20-18-34/h2-7,10-11,21,28,36H,8-9,12-14,17-20,22-23H2,1H3/b3-2+/t28-,31+,32-/m1/s1. The SMILES string of the molecule is CC(=O)Oc1ccc2c(c1)CC[C@@H]1C[C@@](O)(C#CCl)CC[C@@]21C/C=C/c1ccc(CN2CCOCC2)cc1. The zero-order chi connectivity index (χ0) is 26.6. The lowest BCUT2D eigenvalue weighted by Gasteiger charge is -2.52. The van der Waals surface area contributed by atoms with Crippen LogP contribution in [-0.4, -0.2) is 47.9 Å². The highest BCUT2D eigenvalue weighted by molar-refractivity contribution is 6.30. The van der Waals surface area contributed by atoms with Gasteiger partial charge in [0.2, 0.25) is 0 Å². The second-order valence-electron chi connectivity index (χ2n) is 11.0. The Hall–Kier alpha value is -2.62. The van der Waals surface area contributed by atoms with Crippen molar-refractivity contribution in [1.29, 1.82) is 0 Å². The predicted octanol–water partition coefficient (Wildman–Crippen LogP) is 5.46. The van der Waals surface area contributed by atoms with Gasteiger partial charge in [-0.1, -0.05) is 48.4 Å². The van der Waals surface area contributed by atoms with Crippen molar-refractivity contribution in [3.8, 4) is 17.0 Å². The number of aryl methyl sites for hydroxylation is 1. The van der Waals surface area contributed by atoms with Gasteiger partial charge in [0.15, 0.2) is 0 Å². The highest BCUT2D eigenvalue weighted by atomic mass is 35.5. The van der Waals surface area contributed by atoms with Crippen molar-refractivity contribution in [2.24, 2.45) is 5.92 Å².